The Labute approximate surface area is 310 Å². The molecule has 8 nitrogen and oxygen atoms in total. The van der Waals surface area contributed by atoms with Crippen LogP contribution in [0, 0.1) is 0 Å². The van der Waals surface area contributed by atoms with E-state index in [9.17, 15) is 134 Å². The number of nitrogens with zero attached hydrogens (tertiary/aromatic N) is 2. The van der Waals surface area contributed by atoms with Gasteiger partial charge in [-0.05, 0) is 19.5 Å². The van der Waals surface area contributed by atoms with Gasteiger partial charge in [0.15, 0.2) is 0 Å². The van der Waals surface area contributed by atoms with Crippen molar-refractivity contribution in [2.24, 2.45) is 0 Å². The molecule has 34 heteroatoms. The van der Waals surface area contributed by atoms with Gasteiger partial charge in [-0.1, -0.05) is 0 Å². The predicted molar refractivity (Wildman–Crippen MR) is 137 cm³/mol. The lowest BCUT2D eigenvalue weighted by atomic mass is 9.92. The molecule has 0 aliphatic rings. The summed E-state index contributed by atoms with van der Waals surface area (Å²) in [6.07, 6.45) is -23.0. The molecule has 2 amide bonds. The SMILES string of the molecule is O=C(CCNCCCNCCC(=O)N(O)CCC(F)(F)C(F)(F)C(F)(F)C(F)(F)C(F)(F)C(F)(F)F)N(O)CCC(F)(F)C(F)(F)C(F)(F)C(F)(F)C(F)(F)C(F)(F)F. The van der Waals surface area contributed by atoms with E-state index in [1.54, 1.807) is 0 Å². The van der Waals surface area contributed by atoms with Crippen molar-refractivity contribution in [1.29, 1.82) is 0 Å². The van der Waals surface area contributed by atoms with Gasteiger partial charge in [0.1, 0.15) is 0 Å². The highest BCUT2D eigenvalue weighted by atomic mass is 19.4. The minimum Gasteiger partial charge on any atom is -0.316 e. The molecule has 0 rings (SSSR count). The predicted octanol–water partition coefficient (Wildman–Crippen LogP) is 8.03. The zero-order valence-electron chi connectivity index (χ0n) is 28.2. The Morgan fingerprint density at radius 1 is 0.373 bits per heavy atom. The molecule has 0 spiro atoms. The minimum atomic E-state index is -8.15. The first-order chi connectivity index (χ1) is 25.8. The minimum absolute atomic E-state index is 0.0465. The fourth-order valence-electron chi connectivity index (χ4n) is 3.90. The van der Waals surface area contributed by atoms with E-state index < -0.39 is 145 Å². The molecule has 0 fully saturated rings. The van der Waals surface area contributed by atoms with Crippen LogP contribution in [-0.4, -0.2) is 143 Å². The van der Waals surface area contributed by atoms with Crippen molar-refractivity contribution in [3.05, 3.63) is 0 Å². The third-order valence-electron chi connectivity index (χ3n) is 7.59. The Bertz CT molecular complexity index is 1300. The monoisotopic (exact) mass is 940 g/mol. The van der Waals surface area contributed by atoms with Crippen LogP contribution in [0.15, 0.2) is 0 Å². The number of carbonyl (C=O) groups excluding carboxylic acids is 2. The molecule has 0 aromatic rings. The zero-order valence-corrected chi connectivity index (χ0v) is 28.2. The molecular weight excluding hydrogens is 914 g/mol. The molecular formula is C25H26F26N4O4. The van der Waals surface area contributed by atoms with Crippen LogP contribution in [0.25, 0.3) is 0 Å². The van der Waals surface area contributed by atoms with Crippen LogP contribution in [-0.2, 0) is 9.59 Å². The van der Waals surface area contributed by atoms with Crippen molar-refractivity contribution in [2.75, 3.05) is 39.3 Å². The van der Waals surface area contributed by atoms with Crippen LogP contribution in [0.5, 0.6) is 0 Å². The first-order valence-electron chi connectivity index (χ1n) is 15.1. The third-order valence-corrected chi connectivity index (χ3v) is 7.59. The summed E-state index contributed by atoms with van der Waals surface area (Å²) in [5, 5.41) is 21.8. The van der Waals surface area contributed by atoms with Gasteiger partial charge in [-0.25, -0.2) is 10.1 Å². The van der Waals surface area contributed by atoms with Crippen molar-refractivity contribution in [1.82, 2.24) is 20.8 Å². The standard InChI is InChI=1S/C25H26F26N4O4/c26-14(27,16(30,31)18(34,35)20(38,39)22(42,43)24(46,47)48)4-10-54(58)12(56)2-8-52-6-1-7-53-9-3-13(57)55(59)11-5-15(28,29)17(32,33)19(36,37)21(40,41)23(44,45)25(49,50)51/h52-53,58-59H,1-11H2. The van der Waals surface area contributed by atoms with Gasteiger partial charge in [-0.15, -0.1) is 0 Å². The van der Waals surface area contributed by atoms with E-state index in [1.807, 2.05) is 0 Å². The van der Waals surface area contributed by atoms with Crippen molar-refractivity contribution >= 4 is 11.8 Å². The Morgan fingerprint density at radius 3 is 0.847 bits per heavy atom. The summed E-state index contributed by atoms with van der Waals surface area (Å²) in [6.45, 7) is -5.66. The molecule has 0 bridgehead atoms. The summed E-state index contributed by atoms with van der Waals surface area (Å²) in [5.41, 5.74) is 0. The quantitative estimate of drug-likeness (QED) is 0.0339. The second kappa shape index (κ2) is 18.1. The zero-order chi connectivity index (χ0) is 47.5. The summed E-state index contributed by atoms with van der Waals surface area (Å²) < 4.78 is 341. The highest BCUT2D eigenvalue weighted by Crippen LogP contribution is 2.62. The average molecular weight is 940 g/mol. The van der Waals surface area contributed by atoms with Crippen molar-refractivity contribution in [3.63, 3.8) is 0 Å². The lowest BCUT2D eigenvalue weighted by Crippen LogP contribution is -2.70. The molecule has 4 N–H and O–H groups in total. The Kier molecular flexibility index (Phi) is 17.2. The summed E-state index contributed by atoms with van der Waals surface area (Å²) in [6, 6.07) is 0. The van der Waals surface area contributed by atoms with Crippen LogP contribution in [0.1, 0.15) is 32.1 Å². The lowest BCUT2D eigenvalue weighted by molar-refractivity contribution is -0.440. The number of halogens is 26. The highest BCUT2D eigenvalue weighted by Gasteiger charge is 2.92. The highest BCUT2D eigenvalue weighted by molar-refractivity contribution is 5.75. The van der Waals surface area contributed by atoms with Crippen LogP contribution >= 0.6 is 0 Å². The second-order valence-corrected chi connectivity index (χ2v) is 11.9. The van der Waals surface area contributed by atoms with Crippen LogP contribution in [0.4, 0.5) is 114 Å². The lowest BCUT2D eigenvalue weighted by Gasteiger charge is -2.39. The molecule has 352 valence electrons. The van der Waals surface area contributed by atoms with E-state index in [4.69, 9.17) is 0 Å². The molecule has 0 saturated heterocycles. The van der Waals surface area contributed by atoms with E-state index in [0.29, 0.717) is 0 Å². The summed E-state index contributed by atoms with van der Waals surface area (Å²) in [5.74, 6) is -80.2. The fourth-order valence-corrected chi connectivity index (χ4v) is 3.90. The Morgan fingerprint density at radius 2 is 0.610 bits per heavy atom. The molecule has 0 aromatic carbocycles. The van der Waals surface area contributed by atoms with Gasteiger partial charge < -0.3 is 10.6 Å². The maximum Gasteiger partial charge on any atom is 0.460 e. The molecule has 0 atom stereocenters. The van der Waals surface area contributed by atoms with Gasteiger partial charge >= 0.3 is 71.6 Å². The summed E-state index contributed by atoms with van der Waals surface area (Å²) >= 11 is 0. The molecule has 0 unspecified atom stereocenters. The molecule has 0 aliphatic heterocycles. The average Bonchev–Trinajstić information content (AvgIpc) is 3.06. The van der Waals surface area contributed by atoms with E-state index >= 15 is 0 Å². The van der Waals surface area contributed by atoms with Crippen molar-refractivity contribution < 1.29 is 134 Å². The topological polar surface area (TPSA) is 105 Å². The second-order valence-electron chi connectivity index (χ2n) is 11.9. The normalized spacial score (nSPS) is 15.1. The van der Waals surface area contributed by atoms with Crippen molar-refractivity contribution in [2.45, 2.75) is 104 Å². The summed E-state index contributed by atoms with van der Waals surface area (Å²) in [4.78, 5) is 23.5. The number of hydroxylamine groups is 4. The number of amides is 2. The molecule has 0 radical (unpaired) electrons. The smallest absolute Gasteiger partial charge is 0.316 e. The maximum absolute atomic E-state index is 13.8. The molecule has 0 aliphatic carbocycles. The maximum atomic E-state index is 13.8. The number of alkyl halides is 26. The molecule has 0 aromatic heterocycles. The fraction of sp³-hybridized carbons (Fsp3) is 0.920. The van der Waals surface area contributed by atoms with Gasteiger partial charge in [0.2, 0.25) is 11.8 Å². The van der Waals surface area contributed by atoms with Crippen LogP contribution < -0.4 is 10.6 Å². The van der Waals surface area contributed by atoms with Gasteiger partial charge in [0.05, 0.1) is 13.1 Å². The van der Waals surface area contributed by atoms with E-state index in [2.05, 4.69) is 10.6 Å². The third kappa shape index (κ3) is 10.9. The number of nitrogens with one attached hydrogen (secondary N) is 2. The number of hydrogen-bond acceptors (Lipinski definition) is 6. The van der Waals surface area contributed by atoms with Crippen LogP contribution in [0.3, 0.4) is 0 Å². The number of hydrogen-bond donors (Lipinski definition) is 4. The van der Waals surface area contributed by atoms with Crippen molar-refractivity contribution in [3.8, 4) is 0 Å². The molecule has 0 heterocycles. The van der Waals surface area contributed by atoms with Gasteiger partial charge in [0, 0.05) is 38.8 Å². The first-order valence-corrected chi connectivity index (χ1v) is 15.1. The van der Waals surface area contributed by atoms with Gasteiger partial charge in [-0.3, -0.25) is 20.0 Å². The van der Waals surface area contributed by atoms with E-state index in [-0.39, 0.29) is 19.5 Å². The van der Waals surface area contributed by atoms with E-state index in [1.165, 1.54) is 0 Å². The summed E-state index contributed by atoms with van der Waals surface area (Å²) in [7, 11) is 0. The van der Waals surface area contributed by atoms with Gasteiger partial charge in [0.25, 0.3) is 0 Å². The van der Waals surface area contributed by atoms with Gasteiger partial charge in [-0.2, -0.15) is 114 Å². The molecule has 0 saturated carbocycles. The first kappa shape index (κ1) is 56.0. The van der Waals surface area contributed by atoms with E-state index in [0.717, 1.165) is 0 Å². The number of rotatable bonds is 24. The van der Waals surface area contributed by atoms with Crippen LogP contribution in [0.2, 0.25) is 0 Å². The number of carbonyl (C=O) groups is 2. The molecule has 59 heavy (non-hydrogen) atoms. The Balaban J connectivity index is 4.86. The largest absolute Gasteiger partial charge is 0.460 e. The Hall–Kier alpha value is -3.04.